The van der Waals surface area contributed by atoms with E-state index >= 15 is 0 Å². The molecule has 0 bridgehead atoms. The van der Waals surface area contributed by atoms with E-state index in [1.54, 1.807) is 4.52 Å². The van der Waals surface area contributed by atoms with Crippen molar-refractivity contribution in [1.29, 1.82) is 0 Å². The van der Waals surface area contributed by atoms with Gasteiger partial charge in [-0.1, -0.05) is 29.4 Å². The molecule has 1 saturated carbocycles. The molecule has 5 rings (SSSR count). The van der Waals surface area contributed by atoms with Crippen molar-refractivity contribution in [2.24, 2.45) is 0 Å². The van der Waals surface area contributed by atoms with Crippen molar-refractivity contribution in [3.8, 4) is 23.1 Å². The first kappa shape index (κ1) is 21.6. The van der Waals surface area contributed by atoms with Gasteiger partial charge in [-0.05, 0) is 37.0 Å². The van der Waals surface area contributed by atoms with Crippen molar-refractivity contribution in [3.05, 3.63) is 64.6 Å². The predicted molar refractivity (Wildman–Crippen MR) is 113 cm³/mol. The van der Waals surface area contributed by atoms with Gasteiger partial charge in [0.15, 0.2) is 14.9 Å². The number of hydrogen-bond acceptors (Lipinski definition) is 6. The van der Waals surface area contributed by atoms with E-state index < -0.39 is 21.9 Å². The Kier molecular flexibility index (Phi) is 5.00. The summed E-state index contributed by atoms with van der Waals surface area (Å²) in [6, 6.07) is 6.63. The molecule has 7 nitrogen and oxygen atoms in total. The molecule has 1 aromatic carbocycles. The Morgan fingerprint density at radius 1 is 1.12 bits per heavy atom. The summed E-state index contributed by atoms with van der Waals surface area (Å²) in [4.78, 5) is 8.47. The van der Waals surface area contributed by atoms with Crippen LogP contribution in [0, 0.1) is 11.8 Å². The van der Waals surface area contributed by atoms with Crippen LogP contribution in [0.1, 0.15) is 40.6 Å². The van der Waals surface area contributed by atoms with E-state index in [-0.39, 0.29) is 15.1 Å². The first-order chi connectivity index (χ1) is 15.6. The Bertz CT molecular complexity index is 1540. The first-order valence-electron chi connectivity index (χ1n) is 9.61. The quantitative estimate of drug-likeness (QED) is 0.338. The molecule has 3 heterocycles. The first-order valence-corrected chi connectivity index (χ1v) is 11.9. The average molecular weight is 490 g/mol. The van der Waals surface area contributed by atoms with Crippen LogP contribution in [0.2, 0.25) is 0 Å². The Labute approximate surface area is 189 Å². The highest BCUT2D eigenvalue weighted by molar-refractivity contribution is 7.88. The maximum atomic E-state index is 12.9. The summed E-state index contributed by atoms with van der Waals surface area (Å²) in [7, 11) is -4.36. The van der Waals surface area contributed by atoms with Gasteiger partial charge in [0.1, 0.15) is 0 Å². The average Bonchev–Trinajstić information content (AvgIpc) is 3.34. The summed E-state index contributed by atoms with van der Waals surface area (Å²) in [5, 5.41) is 4.55. The largest absolute Gasteiger partial charge is 0.416 e. The third-order valence-electron chi connectivity index (χ3n) is 5.05. The minimum atomic E-state index is -4.42. The van der Waals surface area contributed by atoms with Crippen LogP contribution in [0.25, 0.3) is 16.9 Å². The van der Waals surface area contributed by atoms with Gasteiger partial charge in [-0.3, -0.25) is 4.55 Å². The van der Waals surface area contributed by atoms with Crippen LogP contribution in [0.5, 0.6) is 0 Å². The highest BCUT2D eigenvalue weighted by atomic mass is 32.3. The molecular formula is C21H13F3N4O3S2. The summed E-state index contributed by atoms with van der Waals surface area (Å²) in [6.45, 7) is 0. The van der Waals surface area contributed by atoms with Crippen LogP contribution in [0.4, 0.5) is 13.2 Å². The number of alkyl halides is 3. The van der Waals surface area contributed by atoms with Gasteiger partial charge in [0.25, 0.3) is 0 Å². The van der Waals surface area contributed by atoms with Gasteiger partial charge >= 0.3 is 16.3 Å². The topological polar surface area (TPSA) is 97.5 Å². The molecule has 0 atom stereocenters. The van der Waals surface area contributed by atoms with Gasteiger partial charge in [-0.25, -0.2) is 14.5 Å². The van der Waals surface area contributed by atoms with Crippen LogP contribution in [-0.4, -0.2) is 32.6 Å². The maximum Gasteiger partial charge on any atom is 0.416 e. The summed E-state index contributed by atoms with van der Waals surface area (Å²) < 4.78 is 71.6. The number of thiazole rings is 1. The number of aromatic nitrogens is 4. The Morgan fingerprint density at radius 3 is 2.45 bits per heavy atom. The second kappa shape index (κ2) is 7.65. The third kappa shape index (κ3) is 4.35. The third-order valence-corrected chi connectivity index (χ3v) is 7.25. The van der Waals surface area contributed by atoms with E-state index in [0.29, 0.717) is 22.5 Å². The SMILES string of the molecule is O=S(=O)(O)c1cnc(C#Cc2cnn3c(C4CC4)cc(-c4ccc(C(F)(F)F)cc4)nc23)s1. The number of nitrogens with zero attached hydrogens (tertiary/aromatic N) is 4. The van der Waals surface area contributed by atoms with Gasteiger partial charge in [-0.15, -0.1) is 0 Å². The number of benzene rings is 1. The minimum Gasteiger partial charge on any atom is -0.281 e. The van der Waals surface area contributed by atoms with Crippen LogP contribution >= 0.6 is 11.3 Å². The fourth-order valence-corrected chi connectivity index (χ4v) is 4.63. The molecule has 1 aliphatic rings. The van der Waals surface area contributed by atoms with E-state index in [9.17, 15) is 21.6 Å². The smallest absolute Gasteiger partial charge is 0.281 e. The molecule has 0 radical (unpaired) electrons. The molecule has 0 amide bonds. The van der Waals surface area contributed by atoms with Crippen molar-refractivity contribution >= 4 is 27.1 Å². The monoisotopic (exact) mass is 490 g/mol. The van der Waals surface area contributed by atoms with Crippen LogP contribution in [-0.2, 0) is 16.3 Å². The highest BCUT2D eigenvalue weighted by Crippen LogP contribution is 2.41. The normalized spacial score (nSPS) is 14.3. The molecular weight excluding hydrogens is 477 g/mol. The van der Waals surface area contributed by atoms with Gasteiger partial charge in [0.2, 0.25) is 0 Å². The molecule has 0 spiro atoms. The number of hydrogen-bond donors (Lipinski definition) is 1. The Balaban J connectivity index is 1.57. The predicted octanol–water partition coefficient (Wildman–Crippen LogP) is 4.40. The van der Waals surface area contributed by atoms with Crippen LogP contribution < -0.4 is 0 Å². The van der Waals surface area contributed by atoms with Gasteiger partial charge in [0, 0.05) is 17.2 Å². The zero-order chi connectivity index (χ0) is 23.4. The fraction of sp³-hybridized carbons (Fsp3) is 0.190. The van der Waals surface area contributed by atoms with Crippen molar-refractivity contribution in [2.75, 3.05) is 0 Å². The van der Waals surface area contributed by atoms with Crippen molar-refractivity contribution in [1.82, 2.24) is 19.6 Å². The fourth-order valence-electron chi connectivity index (χ4n) is 3.28. The lowest BCUT2D eigenvalue weighted by atomic mass is 10.1. The molecule has 1 aliphatic carbocycles. The van der Waals surface area contributed by atoms with Gasteiger partial charge in [0.05, 0.1) is 29.2 Å². The summed E-state index contributed by atoms with van der Waals surface area (Å²) >= 11 is 0.726. The minimum absolute atomic E-state index is 0.184. The van der Waals surface area contributed by atoms with Gasteiger partial charge in [-0.2, -0.15) is 26.7 Å². The zero-order valence-corrected chi connectivity index (χ0v) is 18.2. The molecule has 0 aliphatic heterocycles. The highest BCUT2D eigenvalue weighted by Gasteiger charge is 2.31. The van der Waals surface area contributed by atoms with Crippen molar-refractivity contribution in [3.63, 3.8) is 0 Å². The van der Waals surface area contributed by atoms with Crippen LogP contribution in [0.15, 0.2) is 46.9 Å². The van der Waals surface area contributed by atoms with Crippen molar-refractivity contribution < 1.29 is 26.1 Å². The number of halogens is 3. The molecule has 168 valence electrons. The van der Waals surface area contributed by atoms with E-state index in [0.717, 1.165) is 48.2 Å². The molecule has 12 heteroatoms. The number of rotatable bonds is 3. The number of fused-ring (bicyclic) bond motifs is 1. The molecule has 1 N–H and O–H groups in total. The summed E-state index contributed by atoms with van der Waals surface area (Å²) in [5.74, 6) is 5.89. The zero-order valence-electron chi connectivity index (χ0n) is 16.5. The molecule has 1 fully saturated rings. The molecule has 33 heavy (non-hydrogen) atoms. The van der Waals surface area contributed by atoms with E-state index in [4.69, 9.17) is 4.55 Å². The standard InChI is InChI=1S/C21H13F3N4O3S2/c22-21(23,24)15-6-3-12(4-7-15)16-9-17(13-1-2-13)28-20(27-16)14(10-26-28)5-8-18-25-11-19(32-18)33(29,30)31/h3-4,6-7,9-11,13H,1-2H2,(H,29,30,31). The molecule has 3 aromatic heterocycles. The summed E-state index contributed by atoms with van der Waals surface area (Å²) in [5.41, 5.74) is 2.08. The second-order valence-corrected chi connectivity index (χ2v) is 10.1. The van der Waals surface area contributed by atoms with E-state index in [1.807, 2.05) is 6.07 Å². The lowest BCUT2D eigenvalue weighted by molar-refractivity contribution is -0.137. The van der Waals surface area contributed by atoms with E-state index in [2.05, 4.69) is 26.9 Å². The lowest BCUT2D eigenvalue weighted by Crippen LogP contribution is -2.04. The lowest BCUT2D eigenvalue weighted by Gasteiger charge is -2.10. The Morgan fingerprint density at radius 2 is 1.85 bits per heavy atom. The molecule has 0 unspecified atom stereocenters. The molecule has 4 aromatic rings. The maximum absolute atomic E-state index is 12.9. The molecule has 0 saturated heterocycles. The Hall–Kier alpha value is -3.27. The second-order valence-electron chi connectivity index (χ2n) is 7.42. The van der Waals surface area contributed by atoms with E-state index in [1.165, 1.54) is 18.3 Å². The summed E-state index contributed by atoms with van der Waals surface area (Å²) in [6.07, 6.45) is 0.0730. The van der Waals surface area contributed by atoms with Gasteiger partial charge < -0.3 is 0 Å². The van der Waals surface area contributed by atoms with Crippen molar-refractivity contribution in [2.45, 2.75) is 29.1 Å². The van der Waals surface area contributed by atoms with Crippen LogP contribution in [0.3, 0.4) is 0 Å².